The Morgan fingerprint density at radius 1 is 1.31 bits per heavy atom. The molecule has 2 rings (SSSR count). The molecule has 2 aromatic heterocycles. The van der Waals surface area contributed by atoms with Gasteiger partial charge in [0.25, 0.3) is 0 Å². The molecule has 0 fully saturated rings. The fourth-order valence-electron chi connectivity index (χ4n) is 1.25. The minimum absolute atomic E-state index is 0.511. The van der Waals surface area contributed by atoms with Crippen LogP contribution in [-0.2, 0) is 0 Å². The average molecular weight is 174 g/mol. The maximum absolute atomic E-state index is 5.58. The van der Waals surface area contributed by atoms with Crippen molar-refractivity contribution in [1.82, 2.24) is 9.97 Å². The number of pyridine rings is 2. The second kappa shape index (κ2) is 2.90. The van der Waals surface area contributed by atoms with Crippen LogP contribution in [0.15, 0.2) is 24.4 Å². The molecule has 0 saturated heterocycles. The van der Waals surface area contributed by atoms with Gasteiger partial charge in [-0.15, -0.1) is 0 Å². The molecular weight excluding hydrogens is 164 g/mol. The van der Waals surface area contributed by atoms with Gasteiger partial charge >= 0.3 is 0 Å². The van der Waals surface area contributed by atoms with Crippen LogP contribution in [0.3, 0.4) is 0 Å². The predicted molar refractivity (Wildman–Crippen MR) is 53.5 cm³/mol. The van der Waals surface area contributed by atoms with E-state index in [1.54, 1.807) is 12.3 Å². The van der Waals surface area contributed by atoms with E-state index in [0.717, 1.165) is 16.7 Å². The van der Waals surface area contributed by atoms with Crippen molar-refractivity contribution in [3.63, 3.8) is 0 Å². The van der Waals surface area contributed by atoms with E-state index in [1.165, 1.54) is 0 Å². The van der Waals surface area contributed by atoms with E-state index in [1.807, 2.05) is 19.2 Å². The van der Waals surface area contributed by atoms with Crippen LogP contribution in [-0.4, -0.2) is 17.0 Å². The Morgan fingerprint density at radius 3 is 2.92 bits per heavy atom. The summed E-state index contributed by atoms with van der Waals surface area (Å²) in [4.78, 5) is 8.34. The van der Waals surface area contributed by atoms with Crippen LogP contribution in [0.4, 0.5) is 11.6 Å². The van der Waals surface area contributed by atoms with Crippen molar-refractivity contribution < 1.29 is 0 Å². The Kier molecular flexibility index (Phi) is 1.73. The third kappa shape index (κ3) is 1.26. The van der Waals surface area contributed by atoms with E-state index < -0.39 is 0 Å². The monoisotopic (exact) mass is 174 g/mol. The minimum atomic E-state index is 0.511. The third-order valence-corrected chi connectivity index (χ3v) is 1.87. The van der Waals surface area contributed by atoms with Gasteiger partial charge in [-0.1, -0.05) is 0 Å². The van der Waals surface area contributed by atoms with Crippen LogP contribution >= 0.6 is 0 Å². The molecule has 4 heteroatoms. The third-order valence-electron chi connectivity index (χ3n) is 1.87. The summed E-state index contributed by atoms with van der Waals surface area (Å²) in [6.07, 6.45) is 1.74. The summed E-state index contributed by atoms with van der Waals surface area (Å²) in [7, 11) is 1.81. The minimum Gasteiger partial charge on any atom is -0.384 e. The zero-order chi connectivity index (χ0) is 9.26. The quantitative estimate of drug-likeness (QED) is 0.683. The molecule has 0 aliphatic carbocycles. The van der Waals surface area contributed by atoms with E-state index >= 15 is 0 Å². The van der Waals surface area contributed by atoms with Crippen LogP contribution in [0, 0.1) is 0 Å². The molecule has 0 bridgehead atoms. The van der Waals surface area contributed by atoms with Gasteiger partial charge in [0.1, 0.15) is 11.3 Å². The maximum atomic E-state index is 5.58. The molecule has 0 amide bonds. The first kappa shape index (κ1) is 7.79. The highest BCUT2D eigenvalue weighted by atomic mass is 15.0. The van der Waals surface area contributed by atoms with Gasteiger partial charge in [0, 0.05) is 18.6 Å². The van der Waals surface area contributed by atoms with Gasteiger partial charge < -0.3 is 11.1 Å². The zero-order valence-corrected chi connectivity index (χ0v) is 7.28. The topological polar surface area (TPSA) is 63.8 Å². The second-order valence-electron chi connectivity index (χ2n) is 2.72. The van der Waals surface area contributed by atoms with Crippen molar-refractivity contribution in [1.29, 1.82) is 0 Å². The van der Waals surface area contributed by atoms with Gasteiger partial charge in [-0.05, 0) is 18.2 Å². The molecule has 0 aliphatic rings. The van der Waals surface area contributed by atoms with Gasteiger partial charge in [0.2, 0.25) is 0 Å². The molecule has 2 heterocycles. The number of nitrogens with two attached hydrogens (primary N) is 1. The highest BCUT2D eigenvalue weighted by Gasteiger charge is 2.01. The first-order chi connectivity index (χ1) is 6.31. The molecule has 0 unspecified atom stereocenters. The molecule has 13 heavy (non-hydrogen) atoms. The van der Waals surface area contributed by atoms with E-state index in [2.05, 4.69) is 15.3 Å². The van der Waals surface area contributed by atoms with Gasteiger partial charge in [-0.25, -0.2) is 9.97 Å². The Hall–Kier alpha value is -1.84. The number of aromatic nitrogens is 2. The molecule has 0 aliphatic heterocycles. The van der Waals surface area contributed by atoms with E-state index in [4.69, 9.17) is 5.73 Å². The van der Waals surface area contributed by atoms with Crippen LogP contribution in [0.5, 0.6) is 0 Å². The number of nitrogen functional groups attached to an aromatic ring is 1. The molecule has 4 nitrogen and oxygen atoms in total. The van der Waals surface area contributed by atoms with Crippen LogP contribution in [0.2, 0.25) is 0 Å². The standard InChI is InChI=1S/C9H10N4/c1-11-9-8-6(4-5-12-9)2-3-7(10)13-8/h2-5H,1H3,(H2,10,13)(H,11,12). The Labute approximate surface area is 75.8 Å². The van der Waals surface area contributed by atoms with Crippen molar-refractivity contribution >= 4 is 22.5 Å². The number of nitrogens with zero attached hydrogens (tertiary/aromatic N) is 2. The summed E-state index contributed by atoms with van der Waals surface area (Å²) in [5.41, 5.74) is 6.39. The number of nitrogens with one attached hydrogen (secondary N) is 1. The molecule has 2 aromatic rings. The lowest BCUT2D eigenvalue weighted by molar-refractivity contribution is 1.28. The molecule has 66 valence electrons. The smallest absolute Gasteiger partial charge is 0.152 e. The predicted octanol–water partition coefficient (Wildman–Crippen LogP) is 1.25. The molecule has 0 aromatic carbocycles. The summed E-state index contributed by atoms with van der Waals surface area (Å²) in [6.45, 7) is 0. The van der Waals surface area contributed by atoms with E-state index in [0.29, 0.717) is 5.82 Å². The van der Waals surface area contributed by atoms with E-state index in [9.17, 15) is 0 Å². The van der Waals surface area contributed by atoms with E-state index in [-0.39, 0.29) is 0 Å². The first-order valence-corrected chi connectivity index (χ1v) is 4.00. The van der Waals surface area contributed by atoms with Gasteiger partial charge in [0.15, 0.2) is 5.82 Å². The fraction of sp³-hybridized carbons (Fsp3) is 0.111. The lowest BCUT2D eigenvalue weighted by Gasteiger charge is -2.03. The number of anilines is 2. The average Bonchev–Trinajstić information content (AvgIpc) is 2.17. The van der Waals surface area contributed by atoms with Crippen LogP contribution < -0.4 is 11.1 Å². The van der Waals surface area contributed by atoms with Crippen LogP contribution in [0.25, 0.3) is 10.9 Å². The zero-order valence-electron chi connectivity index (χ0n) is 7.28. The van der Waals surface area contributed by atoms with Crippen molar-refractivity contribution in [2.24, 2.45) is 0 Å². The number of fused-ring (bicyclic) bond motifs is 1. The molecule has 0 spiro atoms. The van der Waals surface area contributed by atoms with Gasteiger partial charge in [0.05, 0.1) is 0 Å². The second-order valence-corrected chi connectivity index (χ2v) is 2.72. The largest absolute Gasteiger partial charge is 0.384 e. The van der Waals surface area contributed by atoms with Crippen molar-refractivity contribution in [3.8, 4) is 0 Å². The fourth-order valence-corrected chi connectivity index (χ4v) is 1.25. The molecule has 0 radical (unpaired) electrons. The molecule has 3 N–H and O–H groups in total. The summed E-state index contributed by atoms with van der Waals surface area (Å²) < 4.78 is 0. The summed E-state index contributed by atoms with van der Waals surface area (Å²) in [5.74, 6) is 1.27. The first-order valence-electron chi connectivity index (χ1n) is 4.00. The summed E-state index contributed by atoms with van der Waals surface area (Å²) >= 11 is 0. The maximum Gasteiger partial charge on any atom is 0.152 e. The number of hydrogen-bond acceptors (Lipinski definition) is 4. The highest BCUT2D eigenvalue weighted by Crippen LogP contribution is 2.18. The van der Waals surface area contributed by atoms with Crippen LogP contribution in [0.1, 0.15) is 0 Å². The lowest BCUT2D eigenvalue weighted by Crippen LogP contribution is -1.96. The SMILES string of the molecule is CNc1nccc2ccc(N)nc12. The number of rotatable bonds is 1. The molecular formula is C9H10N4. The number of hydrogen-bond donors (Lipinski definition) is 2. The Morgan fingerprint density at radius 2 is 2.15 bits per heavy atom. The molecule has 0 atom stereocenters. The Bertz CT molecular complexity index is 439. The lowest BCUT2D eigenvalue weighted by atomic mass is 10.2. The van der Waals surface area contributed by atoms with Gasteiger partial charge in [-0.2, -0.15) is 0 Å². The summed E-state index contributed by atoms with van der Waals surface area (Å²) in [5, 5.41) is 4.00. The summed E-state index contributed by atoms with van der Waals surface area (Å²) in [6, 6.07) is 5.62. The normalized spacial score (nSPS) is 10.2. The molecule has 0 saturated carbocycles. The van der Waals surface area contributed by atoms with Crippen molar-refractivity contribution in [2.75, 3.05) is 18.1 Å². The van der Waals surface area contributed by atoms with Crippen molar-refractivity contribution in [2.45, 2.75) is 0 Å². The van der Waals surface area contributed by atoms with Crippen molar-refractivity contribution in [3.05, 3.63) is 24.4 Å². The van der Waals surface area contributed by atoms with Gasteiger partial charge in [-0.3, -0.25) is 0 Å². The Balaban J connectivity index is 2.79. The highest BCUT2D eigenvalue weighted by molar-refractivity contribution is 5.88.